The number of carboxylic acid groups (broad SMARTS) is 1. The van der Waals surface area contributed by atoms with Crippen LogP contribution in [0.4, 0.5) is 0 Å². The number of carbonyl (C=O) groups excluding carboxylic acids is 1. The Bertz CT molecular complexity index is 822. The quantitative estimate of drug-likeness (QED) is 0.741. The summed E-state index contributed by atoms with van der Waals surface area (Å²) < 4.78 is 0. The van der Waals surface area contributed by atoms with Gasteiger partial charge in [0.25, 0.3) is 0 Å². The van der Waals surface area contributed by atoms with Crippen molar-refractivity contribution in [1.82, 2.24) is 4.98 Å². The average Bonchev–Trinajstić information content (AvgIpc) is 2.54. The number of para-hydroxylation sites is 1. The van der Waals surface area contributed by atoms with Crippen LogP contribution in [-0.4, -0.2) is 11.0 Å². The second kappa shape index (κ2) is 5.98. The molecule has 0 radical (unpaired) electrons. The van der Waals surface area contributed by atoms with Gasteiger partial charge >= 0.3 is 0 Å². The maximum absolute atomic E-state index is 11.4. The first-order chi connectivity index (χ1) is 10.7. The molecular formula is C19H16NO2-. The Hall–Kier alpha value is -2.68. The van der Waals surface area contributed by atoms with Gasteiger partial charge in [0.05, 0.1) is 17.2 Å². The fourth-order valence-corrected chi connectivity index (χ4v) is 2.62. The van der Waals surface area contributed by atoms with Crippen molar-refractivity contribution in [3.8, 4) is 11.3 Å². The number of fused-ring (bicyclic) bond motifs is 1. The van der Waals surface area contributed by atoms with Gasteiger partial charge in [0.15, 0.2) is 0 Å². The maximum atomic E-state index is 11.4. The minimum Gasteiger partial charge on any atom is -0.545 e. The highest BCUT2D eigenvalue weighted by Gasteiger charge is 2.08. The van der Waals surface area contributed by atoms with E-state index in [9.17, 15) is 9.90 Å². The summed E-state index contributed by atoms with van der Waals surface area (Å²) in [4.78, 5) is 16.0. The number of carbonyl (C=O) groups is 1. The summed E-state index contributed by atoms with van der Waals surface area (Å²) in [6.07, 6.45) is 2.14. The summed E-state index contributed by atoms with van der Waals surface area (Å²) in [5.41, 5.74) is 3.68. The van der Waals surface area contributed by atoms with Crippen molar-refractivity contribution in [3.63, 3.8) is 0 Å². The van der Waals surface area contributed by atoms with Crippen LogP contribution in [-0.2, 0) is 6.42 Å². The molecule has 0 fully saturated rings. The first-order valence-corrected chi connectivity index (χ1v) is 7.39. The van der Waals surface area contributed by atoms with E-state index in [1.165, 1.54) is 5.56 Å². The highest BCUT2D eigenvalue weighted by molar-refractivity contribution is 6.02. The molecule has 2 aromatic carbocycles. The number of aryl methyl sites for hydroxylation is 1. The van der Waals surface area contributed by atoms with Gasteiger partial charge in [-0.15, -0.1) is 0 Å². The smallest absolute Gasteiger partial charge is 0.0722 e. The molecule has 0 unspecified atom stereocenters. The average molecular weight is 290 g/mol. The number of carboxylic acids is 1. The normalized spacial score (nSPS) is 10.8. The SMILES string of the molecule is CCCc1ccc(-c2cc(C(=O)[O-])c3ccccc3n2)cc1. The molecule has 3 nitrogen and oxygen atoms in total. The van der Waals surface area contributed by atoms with E-state index in [0.29, 0.717) is 16.6 Å². The number of hydrogen-bond acceptors (Lipinski definition) is 3. The number of pyridine rings is 1. The lowest BCUT2D eigenvalue weighted by atomic mass is 10.0. The molecule has 1 aromatic heterocycles. The molecule has 22 heavy (non-hydrogen) atoms. The molecule has 3 rings (SSSR count). The lowest BCUT2D eigenvalue weighted by molar-refractivity contribution is -0.254. The first-order valence-electron chi connectivity index (χ1n) is 7.39. The Morgan fingerprint density at radius 1 is 1.09 bits per heavy atom. The standard InChI is InChI=1S/C19H17NO2/c1-2-5-13-8-10-14(11-9-13)18-12-16(19(21)22)15-6-3-4-7-17(15)20-18/h3-4,6-12H,2,5H2,1H3,(H,21,22)/p-1. The van der Waals surface area contributed by atoms with Crippen molar-refractivity contribution in [2.45, 2.75) is 19.8 Å². The number of aromatic carboxylic acids is 1. The minimum atomic E-state index is -1.18. The van der Waals surface area contributed by atoms with Crippen LogP contribution in [0.1, 0.15) is 29.3 Å². The highest BCUT2D eigenvalue weighted by atomic mass is 16.4. The summed E-state index contributed by atoms with van der Waals surface area (Å²) >= 11 is 0. The van der Waals surface area contributed by atoms with Gasteiger partial charge in [-0.05, 0) is 24.1 Å². The summed E-state index contributed by atoms with van der Waals surface area (Å²) in [5, 5.41) is 12.0. The van der Waals surface area contributed by atoms with Gasteiger partial charge in [-0.1, -0.05) is 55.8 Å². The summed E-state index contributed by atoms with van der Waals surface area (Å²) in [6, 6.07) is 16.9. The van der Waals surface area contributed by atoms with Crippen molar-refractivity contribution in [3.05, 3.63) is 65.7 Å². The molecule has 0 bridgehead atoms. The first kappa shape index (κ1) is 14.3. The number of aromatic nitrogens is 1. The van der Waals surface area contributed by atoms with Gasteiger partial charge in [-0.25, -0.2) is 4.98 Å². The van der Waals surface area contributed by atoms with E-state index in [-0.39, 0.29) is 5.56 Å². The number of rotatable bonds is 4. The Kier molecular flexibility index (Phi) is 3.88. The van der Waals surface area contributed by atoms with E-state index in [4.69, 9.17) is 0 Å². The molecule has 3 heteroatoms. The molecule has 1 heterocycles. The lowest BCUT2D eigenvalue weighted by Gasteiger charge is -2.11. The van der Waals surface area contributed by atoms with Crippen molar-refractivity contribution in [2.75, 3.05) is 0 Å². The monoisotopic (exact) mass is 290 g/mol. The minimum absolute atomic E-state index is 0.179. The van der Waals surface area contributed by atoms with Crippen molar-refractivity contribution >= 4 is 16.9 Å². The fourth-order valence-electron chi connectivity index (χ4n) is 2.62. The third-order valence-electron chi connectivity index (χ3n) is 3.72. The zero-order valence-electron chi connectivity index (χ0n) is 12.4. The Morgan fingerprint density at radius 2 is 1.82 bits per heavy atom. The number of hydrogen-bond donors (Lipinski definition) is 0. The van der Waals surface area contributed by atoms with Crippen LogP contribution in [0, 0.1) is 0 Å². The zero-order chi connectivity index (χ0) is 15.5. The number of benzene rings is 2. The van der Waals surface area contributed by atoms with Crippen LogP contribution >= 0.6 is 0 Å². The summed E-state index contributed by atoms with van der Waals surface area (Å²) in [5.74, 6) is -1.18. The lowest BCUT2D eigenvalue weighted by Crippen LogP contribution is -2.22. The molecular weight excluding hydrogens is 274 g/mol. The van der Waals surface area contributed by atoms with E-state index in [1.807, 2.05) is 24.3 Å². The van der Waals surface area contributed by atoms with E-state index in [1.54, 1.807) is 18.2 Å². The molecule has 0 aliphatic rings. The van der Waals surface area contributed by atoms with Gasteiger partial charge < -0.3 is 9.90 Å². The van der Waals surface area contributed by atoms with Gasteiger partial charge in [-0.3, -0.25) is 0 Å². The van der Waals surface area contributed by atoms with Crippen LogP contribution in [0.15, 0.2) is 54.6 Å². The Morgan fingerprint density at radius 3 is 2.50 bits per heavy atom. The summed E-state index contributed by atoms with van der Waals surface area (Å²) in [7, 11) is 0. The van der Waals surface area contributed by atoms with Crippen LogP contribution in [0.5, 0.6) is 0 Å². The van der Waals surface area contributed by atoms with Crippen LogP contribution in [0.3, 0.4) is 0 Å². The highest BCUT2D eigenvalue weighted by Crippen LogP contribution is 2.25. The third kappa shape index (κ3) is 2.70. The van der Waals surface area contributed by atoms with Gasteiger partial charge in [0.2, 0.25) is 0 Å². The predicted octanol–water partition coefficient (Wildman–Crippen LogP) is 3.22. The maximum Gasteiger partial charge on any atom is 0.0722 e. The molecule has 0 atom stereocenters. The second-order valence-corrected chi connectivity index (χ2v) is 5.31. The molecule has 0 saturated carbocycles. The van der Waals surface area contributed by atoms with Crippen LogP contribution in [0.25, 0.3) is 22.2 Å². The van der Waals surface area contributed by atoms with Gasteiger partial charge in [-0.2, -0.15) is 0 Å². The third-order valence-corrected chi connectivity index (χ3v) is 3.72. The van der Waals surface area contributed by atoms with E-state index in [2.05, 4.69) is 24.0 Å². The predicted molar refractivity (Wildman–Crippen MR) is 85.5 cm³/mol. The molecule has 0 N–H and O–H groups in total. The molecule has 0 spiro atoms. The molecule has 0 aliphatic carbocycles. The van der Waals surface area contributed by atoms with Crippen molar-refractivity contribution in [2.24, 2.45) is 0 Å². The van der Waals surface area contributed by atoms with Gasteiger partial charge in [0, 0.05) is 16.5 Å². The number of nitrogens with zero attached hydrogens (tertiary/aromatic N) is 1. The van der Waals surface area contributed by atoms with Crippen molar-refractivity contribution in [1.29, 1.82) is 0 Å². The second-order valence-electron chi connectivity index (χ2n) is 5.31. The van der Waals surface area contributed by atoms with Crippen molar-refractivity contribution < 1.29 is 9.90 Å². The van der Waals surface area contributed by atoms with Gasteiger partial charge in [0.1, 0.15) is 0 Å². The van der Waals surface area contributed by atoms with E-state index in [0.717, 1.165) is 18.4 Å². The Labute approximate surface area is 129 Å². The zero-order valence-corrected chi connectivity index (χ0v) is 12.4. The largest absolute Gasteiger partial charge is 0.545 e. The molecule has 3 aromatic rings. The Balaban J connectivity index is 2.12. The van der Waals surface area contributed by atoms with Crippen LogP contribution < -0.4 is 5.11 Å². The van der Waals surface area contributed by atoms with Crippen LogP contribution in [0.2, 0.25) is 0 Å². The van der Waals surface area contributed by atoms with E-state index >= 15 is 0 Å². The molecule has 0 aliphatic heterocycles. The molecule has 0 amide bonds. The molecule has 0 saturated heterocycles. The summed E-state index contributed by atoms with van der Waals surface area (Å²) in [6.45, 7) is 2.14. The fraction of sp³-hybridized carbons (Fsp3) is 0.158. The van der Waals surface area contributed by atoms with E-state index < -0.39 is 5.97 Å². The topological polar surface area (TPSA) is 53.0 Å². The molecule has 110 valence electrons.